The fourth-order valence-electron chi connectivity index (χ4n) is 4.41. The van der Waals surface area contributed by atoms with Crippen molar-refractivity contribution >= 4 is 17.0 Å². The van der Waals surface area contributed by atoms with Gasteiger partial charge in [-0.25, -0.2) is 9.78 Å². The Bertz CT molecular complexity index is 1320. The number of nitrogens with zero attached hydrogens (tertiary/aromatic N) is 6. The average molecular weight is 460 g/mol. The predicted octanol–water partition coefficient (Wildman–Crippen LogP) is 4.53. The van der Waals surface area contributed by atoms with Crippen LogP contribution in [0.2, 0.25) is 0 Å². The van der Waals surface area contributed by atoms with Crippen LogP contribution >= 0.6 is 0 Å². The smallest absolute Gasteiger partial charge is 0.410 e. The zero-order chi connectivity index (χ0) is 23.9. The Morgan fingerprint density at radius 1 is 1.15 bits per heavy atom. The van der Waals surface area contributed by atoms with Crippen LogP contribution in [0.4, 0.5) is 4.79 Å². The van der Waals surface area contributed by atoms with Crippen LogP contribution < -0.4 is 0 Å². The fourth-order valence-corrected chi connectivity index (χ4v) is 4.41. The molecule has 0 radical (unpaired) electrons. The summed E-state index contributed by atoms with van der Waals surface area (Å²) in [7, 11) is 1.94. The molecule has 176 valence electrons. The lowest BCUT2D eigenvalue weighted by Gasteiger charge is -2.33. The first kappa shape index (κ1) is 22.1. The molecule has 4 aromatic rings. The molecule has 1 aliphatic heterocycles. The molecule has 34 heavy (non-hydrogen) atoms. The van der Waals surface area contributed by atoms with E-state index in [1.165, 1.54) is 0 Å². The van der Waals surface area contributed by atoms with Crippen molar-refractivity contribution in [3.8, 4) is 22.6 Å². The van der Waals surface area contributed by atoms with Crippen LogP contribution in [0.3, 0.4) is 0 Å². The highest BCUT2D eigenvalue weighted by Crippen LogP contribution is 2.31. The summed E-state index contributed by atoms with van der Waals surface area (Å²) in [6.07, 6.45) is 5.11. The Hall–Kier alpha value is -3.75. The van der Waals surface area contributed by atoms with E-state index in [-0.39, 0.29) is 12.0 Å². The van der Waals surface area contributed by atoms with Crippen molar-refractivity contribution in [1.82, 2.24) is 34.8 Å². The highest BCUT2D eigenvalue weighted by molar-refractivity contribution is 5.95. The summed E-state index contributed by atoms with van der Waals surface area (Å²) in [6, 6.07) is 10.1. The van der Waals surface area contributed by atoms with Crippen molar-refractivity contribution in [2.45, 2.75) is 45.1 Å². The largest absolute Gasteiger partial charge is 0.444 e. The van der Waals surface area contributed by atoms with Gasteiger partial charge in [-0.05, 0) is 63.9 Å². The number of ether oxygens (including phenoxy) is 1. The molecule has 9 heteroatoms. The van der Waals surface area contributed by atoms with Crippen molar-refractivity contribution in [2.75, 3.05) is 13.1 Å². The van der Waals surface area contributed by atoms with Gasteiger partial charge in [-0.15, -0.1) is 0 Å². The second-order valence-corrected chi connectivity index (χ2v) is 9.75. The third kappa shape index (κ3) is 4.37. The molecule has 1 saturated heterocycles. The number of H-pyrrole nitrogens is 1. The number of aromatic amines is 1. The highest BCUT2D eigenvalue weighted by atomic mass is 16.6. The normalized spacial score (nSPS) is 16.7. The van der Waals surface area contributed by atoms with Gasteiger partial charge < -0.3 is 9.64 Å². The fraction of sp³-hybridized carbons (Fsp3) is 0.400. The van der Waals surface area contributed by atoms with E-state index >= 15 is 0 Å². The Kier molecular flexibility index (Phi) is 5.55. The van der Waals surface area contributed by atoms with Crippen molar-refractivity contribution in [3.63, 3.8) is 0 Å². The summed E-state index contributed by atoms with van der Waals surface area (Å²) in [5, 5.41) is 13.4. The number of aromatic nitrogens is 6. The first-order valence-electron chi connectivity index (χ1n) is 11.6. The van der Waals surface area contributed by atoms with Gasteiger partial charge in [0.1, 0.15) is 17.1 Å². The van der Waals surface area contributed by atoms with Gasteiger partial charge >= 0.3 is 6.09 Å². The number of carbonyl (C=O) groups is 1. The van der Waals surface area contributed by atoms with Gasteiger partial charge in [-0.2, -0.15) is 10.2 Å². The van der Waals surface area contributed by atoms with E-state index in [2.05, 4.69) is 21.2 Å². The Morgan fingerprint density at radius 3 is 2.71 bits per heavy atom. The van der Waals surface area contributed by atoms with Crippen LogP contribution in [0.1, 0.15) is 45.4 Å². The zero-order valence-electron chi connectivity index (χ0n) is 19.9. The Balaban J connectivity index is 1.40. The minimum absolute atomic E-state index is 0.0945. The van der Waals surface area contributed by atoms with Crippen molar-refractivity contribution in [2.24, 2.45) is 7.05 Å². The molecule has 0 saturated carbocycles. The number of likely N-dealkylation sites (tertiary alicyclic amines) is 1. The predicted molar refractivity (Wildman–Crippen MR) is 129 cm³/mol. The molecule has 0 unspecified atom stereocenters. The van der Waals surface area contributed by atoms with Crippen LogP contribution in [-0.4, -0.2) is 59.6 Å². The molecular formula is C25H29N7O2. The molecule has 1 fully saturated rings. The monoisotopic (exact) mass is 459 g/mol. The van der Waals surface area contributed by atoms with Gasteiger partial charge in [0.05, 0.1) is 5.52 Å². The maximum Gasteiger partial charge on any atom is 0.410 e. The molecule has 1 amide bonds. The minimum Gasteiger partial charge on any atom is -0.444 e. The second-order valence-electron chi connectivity index (χ2n) is 9.75. The number of fused-ring (bicyclic) bond motifs is 1. The number of hydrogen-bond donors (Lipinski definition) is 1. The molecule has 5 rings (SSSR count). The third-order valence-electron chi connectivity index (χ3n) is 6.02. The summed E-state index contributed by atoms with van der Waals surface area (Å²) < 4.78 is 7.44. The van der Waals surface area contributed by atoms with E-state index in [1.54, 1.807) is 17.3 Å². The molecule has 0 bridgehead atoms. The van der Waals surface area contributed by atoms with Crippen LogP contribution in [0.25, 0.3) is 33.5 Å². The van der Waals surface area contributed by atoms with Gasteiger partial charge in [0.25, 0.3) is 0 Å². The van der Waals surface area contributed by atoms with E-state index in [1.807, 2.05) is 56.8 Å². The maximum atomic E-state index is 12.5. The van der Waals surface area contributed by atoms with Crippen LogP contribution in [0, 0.1) is 0 Å². The molecule has 4 heterocycles. The summed E-state index contributed by atoms with van der Waals surface area (Å²) in [6.45, 7) is 6.91. The number of hydrogen-bond acceptors (Lipinski definition) is 6. The average Bonchev–Trinajstić information content (AvgIpc) is 3.44. The van der Waals surface area contributed by atoms with Gasteiger partial charge in [0, 0.05) is 55.0 Å². The first-order chi connectivity index (χ1) is 16.3. The maximum absolute atomic E-state index is 12.5. The number of nitrogens with one attached hydrogen (secondary N) is 1. The summed E-state index contributed by atoms with van der Waals surface area (Å²) in [4.78, 5) is 23.2. The quantitative estimate of drug-likeness (QED) is 0.483. The van der Waals surface area contributed by atoms with Crippen LogP contribution in [-0.2, 0) is 11.8 Å². The summed E-state index contributed by atoms with van der Waals surface area (Å²) in [5.41, 5.74) is 3.35. The van der Waals surface area contributed by atoms with Crippen LogP contribution in [0.5, 0.6) is 0 Å². The molecule has 1 atom stereocenters. The second kappa shape index (κ2) is 8.55. The Labute approximate surface area is 198 Å². The van der Waals surface area contributed by atoms with Crippen LogP contribution in [0.15, 0.2) is 42.7 Å². The number of benzene rings is 1. The molecule has 3 aromatic heterocycles. The van der Waals surface area contributed by atoms with Crippen molar-refractivity contribution < 1.29 is 9.53 Å². The number of aryl methyl sites for hydroxylation is 1. The summed E-state index contributed by atoms with van der Waals surface area (Å²) >= 11 is 0. The van der Waals surface area contributed by atoms with E-state index in [9.17, 15) is 4.79 Å². The van der Waals surface area contributed by atoms with Crippen molar-refractivity contribution in [3.05, 3.63) is 48.5 Å². The SMILES string of the molecule is Cn1nc(-c2ccncc2)c2cc(-c3n[nH]c([C@@H]4CCCN(C(=O)OC(C)(C)C)C4)n3)ccc21. The lowest BCUT2D eigenvalue weighted by Crippen LogP contribution is -2.42. The lowest BCUT2D eigenvalue weighted by atomic mass is 9.98. The minimum atomic E-state index is -0.510. The molecule has 1 N–H and O–H groups in total. The highest BCUT2D eigenvalue weighted by Gasteiger charge is 2.30. The number of carbonyl (C=O) groups excluding carboxylic acids is 1. The number of piperidine rings is 1. The third-order valence-corrected chi connectivity index (χ3v) is 6.02. The number of pyridine rings is 1. The lowest BCUT2D eigenvalue weighted by molar-refractivity contribution is 0.0196. The Morgan fingerprint density at radius 2 is 1.94 bits per heavy atom. The first-order valence-corrected chi connectivity index (χ1v) is 11.6. The topological polar surface area (TPSA) is 102 Å². The zero-order valence-corrected chi connectivity index (χ0v) is 19.9. The van der Waals surface area contributed by atoms with Gasteiger partial charge in [-0.3, -0.25) is 14.8 Å². The van der Waals surface area contributed by atoms with Crippen molar-refractivity contribution in [1.29, 1.82) is 0 Å². The van der Waals surface area contributed by atoms with E-state index in [0.717, 1.165) is 46.4 Å². The number of rotatable bonds is 3. The molecule has 9 nitrogen and oxygen atoms in total. The summed E-state index contributed by atoms with van der Waals surface area (Å²) in [5.74, 6) is 1.52. The molecule has 1 aromatic carbocycles. The molecule has 0 aliphatic carbocycles. The number of amides is 1. The van der Waals surface area contributed by atoms with Gasteiger partial charge in [0.2, 0.25) is 0 Å². The van der Waals surface area contributed by atoms with E-state index < -0.39 is 5.60 Å². The molecule has 1 aliphatic rings. The van der Waals surface area contributed by atoms with E-state index in [0.29, 0.717) is 18.9 Å². The van der Waals surface area contributed by atoms with E-state index in [4.69, 9.17) is 14.8 Å². The molecular weight excluding hydrogens is 430 g/mol. The molecule has 0 spiro atoms. The standard InChI is InChI=1S/C25H29N7O2/c1-25(2,3)34-24(33)32-13-5-6-18(15-32)23-27-22(28-29-23)17-7-8-20-19(14-17)21(30-31(20)4)16-9-11-26-12-10-16/h7-12,14,18H,5-6,13,15H2,1-4H3,(H,27,28,29)/t18-/m1/s1. The van der Waals surface area contributed by atoms with Gasteiger partial charge in [-0.1, -0.05) is 0 Å². The van der Waals surface area contributed by atoms with Gasteiger partial charge in [0.15, 0.2) is 5.82 Å².